The maximum atomic E-state index is 5.65. The second kappa shape index (κ2) is 4.16. The van der Waals surface area contributed by atoms with Gasteiger partial charge in [0, 0.05) is 23.5 Å². The minimum Gasteiger partial charge on any atom is -0.382 e. The van der Waals surface area contributed by atoms with Gasteiger partial charge in [0.15, 0.2) is 5.82 Å². The summed E-state index contributed by atoms with van der Waals surface area (Å²) in [6.07, 6.45) is 9.22. The van der Waals surface area contributed by atoms with Crippen molar-refractivity contribution in [2.45, 2.75) is 32.1 Å². The molecule has 0 saturated heterocycles. The van der Waals surface area contributed by atoms with Gasteiger partial charge in [-0.1, -0.05) is 6.42 Å². The van der Waals surface area contributed by atoms with Crippen LogP contribution in [0.1, 0.15) is 30.5 Å². The fourth-order valence-corrected chi connectivity index (χ4v) is 2.33. The Labute approximate surface area is 99.7 Å². The van der Waals surface area contributed by atoms with Gasteiger partial charge >= 0.3 is 0 Å². The van der Waals surface area contributed by atoms with Crippen LogP contribution in [-0.2, 0) is 12.8 Å². The zero-order chi connectivity index (χ0) is 11.7. The van der Waals surface area contributed by atoms with Crippen LogP contribution in [0, 0.1) is 0 Å². The lowest BCUT2D eigenvalue weighted by Gasteiger charge is -2.09. The van der Waals surface area contributed by atoms with Gasteiger partial charge in [-0.05, 0) is 25.7 Å². The number of nitrogens with two attached hydrogens (primary N) is 1. The summed E-state index contributed by atoms with van der Waals surface area (Å²) in [5, 5.41) is 4.22. The molecule has 0 spiro atoms. The van der Waals surface area contributed by atoms with Gasteiger partial charge in [0.05, 0.1) is 0 Å². The number of nitrogens with zero attached hydrogens (tertiary/aromatic N) is 4. The molecule has 88 valence electrons. The van der Waals surface area contributed by atoms with E-state index in [1.54, 1.807) is 17.1 Å². The van der Waals surface area contributed by atoms with E-state index in [4.69, 9.17) is 5.73 Å². The van der Waals surface area contributed by atoms with E-state index >= 15 is 0 Å². The summed E-state index contributed by atoms with van der Waals surface area (Å²) < 4.78 is 1.75. The van der Waals surface area contributed by atoms with Gasteiger partial charge in [-0.3, -0.25) is 0 Å². The standard InChI is InChI=1S/C12H15N5/c13-11-6-7-17(16-11)12-9-4-2-1-3-5-10(9)14-8-15-12/h6-8H,1-5H2,(H2,13,16). The van der Waals surface area contributed by atoms with Crippen LogP contribution in [-0.4, -0.2) is 19.7 Å². The highest BCUT2D eigenvalue weighted by Gasteiger charge is 2.15. The van der Waals surface area contributed by atoms with Gasteiger partial charge in [0.25, 0.3) is 0 Å². The molecular formula is C12H15N5. The zero-order valence-electron chi connectivity index (χ0n) is 9.63. The molecule has 0 aromatic carbocycles. The van der Waals surface area contributed by atoms with Crippen molar-refractivity contribution in [1.82, 2.24) is 19.7 Å². The Balaban J connectivity index is 2.11. The number of fused-ring (bicyclic) bond motifs is 1. The Morgan fingerprint density at radius 1 is 1.12 bits per heavy atom. The lowest BCUT2D eigenvalue weighted by molar-refractivity contribution is 0.707. The van der Waals surface area contributed by atoms with Gasteiger partial charge in [0.1, 0.15) is 12.1 Å². The fourth-order valence-electron chi connectivity index (χ4n) is 2.33. The van der Waals surface area contributed by atoms with Crippen molar-refractivity contribution in [3.05, 3.63) is 29.8 Å². The molecule has 1 aliphatic carbocycles. The van der Waals surface area contributed by atoms with E-state index in [-0.39, 0.29) is 0 Å². The predicted molar refractivity (Wildman–Crippen MR) is 64.8 cm³/mol. The van der Waals surface area contributed by atoms with Gasteiger partial charge in [-0.2, -0.15) is 0 Å². The summed E-state index contributed by atoms with van der Waals surface area (Å²) in [5.41, 5.74) is 8.05. The molecule has 2 aromatic rings. The number of nitrogen functional groups attached to an aromatic ring is 1. The molecule has 3 rings (SSSR count). The summed E-state index contributed by atoms with van der Waals surface area (Å²) in [5.74, 6) is 1.40. The van der Waals surface area contributed by atoms with Crippen LogP contribution in [0.25, 0.3) is 5.82 Å². The fraction of sp³-hybridized carbons (Fsp3) is 0.417. The molecule has 0 unspecified atom stereocenters. The van der Waals surface area contributed by atoms with Gasteiger partial charge in [-0.15, -0.1) is 5.10 Å². The van der Waals surface area contributed by atoms with Crippen molar-refractivity contribution in [3.63, 3.8) is 0 Å². The minimum atomic E-state index is 0.519. The van der Waals surface area contributed by atoms with Crippen LogP contribution in [0.2, 0.25) is 0 Å². The van der Waals surface area contributed by atoms with E-state index in [2.05, 4.69) is 15.1 Å². The van der Waals surface area contributed by atoms with Crippen LogP contribution in [0.4, 0.5) is 5.82 Å². The Hall–Kier alpha value is -1.91. The van der Waals surface area contributed by atoms with Crippen molar-refractivity contribution in [3.8, 4) is 5.82 Å². The number of aromatic nitrogens is 4. The lowest BCUT2D eigenvalue weighted by Crippen LogP contribution is -2.08. The predicted octanol–water partition coefficient (Wildman–Crippen LogP) is 1.51. The van der Waals surface area contributed by atoms with Crippen molar-refractivity contribution < 1.29 is 0 Å². The van der Waals surface area contributed by atoms with E-state index in [0.29, 0.717) is 5.82 Å². The van der Waals surface area contributed by atoms with Crippen LogP contribution < -0.4 is 5.73 Å². The van der Waals surface area contributed by atoms with Crippen molar-refractivity contribution >= 4 is 5.82 Å². The maximum Gasteiger partial charge on any atom is 0.160 e. The third kappa shape index (κ3) is 1.88. The Morgan fingerprint density at radius 2 is 2.00 bits per heavy atom. The molecule has 0 amide bonds. The number of aryl methyl sites for hydroxylation is 1. The summed E-state index contributed by atoms with van der Waals surface area (Å²) >= 11 is 0. The molecule has 0 fully saturated rings. The molecule has 0 saturated carbocycles. The molecule has 1 aliphatic rings. The Morgan fingerprint density at radius 3 is 2.82 bits per heavy atom. The highest BCUT2D eigenvalue weighted by atomic mass is 15.3. The third-order valence-corrected chi connectivity index (χ3v) is 3.18. The van der Waals surface area contributed by atoms with E-state index in [9.17, 15) is 0 Å². The van der Waals surface area contributed by atoms with Crippen LogP contribution >= 0.6 is 0 Å². The van der Waals surface area contributed by atoms with Gasteiger partial charge < -0.3 is 5.73 Å². The molecule has 2 heterocycles. The van der Waals surface area contributed by atoms with Crippen LogP contribution in [0.5, 0.6) is 0 Å². The first-order chi connectivity index (χ1) is 8.34. The molecule has 5 heteroatoms. The molecule has 0 atom stereocenters. The summed E-state index contributed by atoms with van der Waals surface area (Å²) in [6, 6.07) is 1.78. The summed E-state index contributed by atoms with van der Waals surface area (Å²) in [7, 11) is 0. The molecule has 0 radical (unpaired) electrons. The average molecular weight is 229 g/mol. The summed E-state index contributed by atoms with van der Waals surface area (Å²) in [6.45, 7) is 0. The quantitative estimate of drug-likeness (QED) is 0.752. The Kier molecular flexibility index (Phi) is 2.51. The minimum absolute atomic E-state index is 0.519. The molecule has 2 aromatic heterocycles. The normalized spacial score (nSPS) is 15.3. The third-order valence-electron chi connectivity index (χ3n) is 3.18. The Bertz CT molecular complexity index is 531. The first-order valence-corrected chi connectivity index (χ1v) is 5.99. The second-order valence-electron chi connectivity index (χ2n) is 4.37. The van der Waals surface area contributed by atoms with Crippen molar-refractivity contribution in [1.29, 1.82) is 0 Å². The first-order valence-electron chi connectivity index (χ1n) is 5.99. The van der Waals surface area contributed by atoms with Gasteiger partial charge in [0.2, 0.25) is 0 Å². The molecule has 5 nitrogen and oxygen atoms in total. The largest absolute Gasteiger partial charge is 0.382 e. The highest BCUT2D eigenvalue weighted by molar-refractivity contribution is 5.38. The summed E-state index contributed by atoms with van der Waals surface area (Å²) in [4.78, 5) is 8.74. The lowest BCUT2D eigenvalue weighted by atomic mass is 10.1. The number of rotatable bonds is 1. The molecular weight excluding hydrogens is 214 g/mol. The average Bonchev–Trinajstić information content (AvgIpc) is 2.63. The topological polar surface area (TPSA) is 69.6 Å². The van der Waals surface area contributed by atoms with Crippen molar-refractivity contribution in [2.75, 3.05) is 5.73 Å². The number of hydrogen-bond acceptors (Lipinski definition) is 4. The van der Waals surface area contributed by atoms with Crippen LogP contribution in [0.3, 0.4) is 0 Å². The molecule has 17 heavy (non-hydrogen) atoms. The van der Waals surface area contributed by atoms with E-state index in [1.807, 2.05) is 6.20 Å². The van der Waals surface area contributed by atoms with E-state index in [1.165, 1.54) is 30.5 Å². The zero-order valence-corrected chi connectivity index (χ0v) is 9.63. The van der Waals surface area contributed by atoms with E-state index < -0.39 is 0 Å². The smallest absolute Gasteiger partial charge is 0.160 e. The van der Waals surface area contributed by atoms with Crippen LogP contribution in [0.15, 0.2) is 18.6 Å². The monoisotopic (exact) mass is 229 g/mol. The maximum absolute atomic E-state index is 5.65. The molecule has 0 aliphatic heterocycles. The highest BCUT2D eigenvalue weighted by Crippen LogP contribution is 2.22. The number of hydrogen-bond donors (Lipinski definition) is 1. The van der Waals surface area contributed by atoms with Crippen molar-refractivity contribution in [2.24, 2.45) is 0 Å². The SMILES string of the molecule is Nc1ccn(-c2ncnc3c2CCCCC3)n1. The van der Waals surface area contributed by atoms with Gasteiger partial charge in [-0.25, -0.2) is 14.6 Å². The molecule has 2 N–H and O–H groups in total. The number of anilines is 1. The first kappa shape index (κ1) is 10.3. The van der Waals surface area contributed by atoms with E-state index in [0.717, 1.165) is 18.7 Å². The molecule has 0 bridgehead atoms. The second-order valence-corrected chi connectivity index (χ2v) is 4.37.